The zero-order valence-corrected chi connectivity index (χ0v) is 10.4. The monoisotopic (exact) mass is 274 g/mol. The fraction of sp³-hybridized carbons (Fsp3) is 0. The van der Waals surface area contributed by atoms with Gasteiger partial charge >= 0.3 is 0 Å². The third-order valence-corrected chi connectivity index (χ3v) is 2.98. The van der Waals surface area contributed by atoms with Crippen molar-refractivity contribution in [3.05, 3.63) is 64.7 Å². The summed E-state index contributed by atoms with van der Waals surface area (Å²) in [5, 5.41) is 0.269. The van der Waals surface area contributed by atoms with Crippen molar-refractivity contribution in [1.82, 2.24) is 9.97 Å². The molecule has 0 fully saturated rings. The zero-order chi connectivity index (χ0) is 13.4. The lowest BCUT2D eigenvalue weighted by Gasteiger charge is -2.01. The number of imidazole rings is 1. The van der Waals surface area contributed by atoms with Gasteiger partial charge in [-0.1, -0.05) is 12.1 Å². The van der Waals surface area contributed by atoms with Crippen LogP contribution < -0.4 is 0 Å². The lowest BCUT2D eigenvalue weighted by atomic mass is 10.0. The normalized spacial score (nSPS) is 10.8. The summed E-state index contributed by atoms with van der Waals surface area (Å²) in [4.78, 5) is 19.1. The van der Waals surface area contributed by atoms with Gasteiger partial charge in [0.25, 0.3) is 0 Å². The Morgan fingerprint density at radius 2 is 1.95 bits per heavy atom. The third-order valence-electron chi connectivity index (χ3n) is 2.80. The van der Waals surface area contributed by atoms with Crippen LogP contribution in [-0.2, 0) is 0 Å². The van der Waals surface area contributed by atoms with Crippen molar-refractivity contribution < 1.29 is 9.18 Å². The maximum atomic E-state index is 13.1. The Hall–Kier alpha value is -2.20. The third kappa shape index (κ3) is 2.22. The van der Waals surface area contributed by atoms with E-state index in [2.05, 4.69) is 9.97 Å². The molecule has 3 aromatic rings. The number of halogens is 2. The van der Waals surface area contributed by atoms with Crippen LogP contribution in [0.5, 0.6) is 0 Å². The molecule has 94 valence electrons. The molecule has 3 nitrogen and oxygen atoms in total. The largest absolute Gasteiger partial charge is 0.329 e. The van der Waals surface area contributed by atoms with Crippen molar-refractivity contribution in [1.29, 1.82) is 0 Å². The number of carbonyl (C=O) groups excluding carboxylic acids is 1. The first-order valence-corrected chi connectivity index (χ1v) is 5.97. The molecule has 0 aliphatic carbocycles. The van der Waals surface area contributed by atoms with Crippen molar-refractivity contribution >= 4 is 28.4 Å². The first-order chi connectivity index (χ1) is 9.13. The fourth-order valence-corrected chi connectivity index (χ4v) is 2.11. The van der Waals surface area contributed by atoms with E-state index in [1.165, 1.54) is 18.2 Å². The van der Waals surface area contributed by atoms with Gasteiger partial charge in [-0.3, -0.25) is 4.79 Å². The van der Waals surface area contributed by atoms with Crippen LogP contribution in [0, 0.1) is 5.82 Å². The first-order valence-electron chi connectivity index (χ1n) is 5.59. The molecular formula is C14H8ClFN2O. The van der Waals surface area contributed by atoms with Crippen LogP contribution in [0.25, 0.3) is 11.0 Å². The van der Waals surface area contributed by atoms with Crippen LogP contribution in [0.1, 0.15) is 15.9 Å². The standard InChI is InChI=1S/C14H8ClFN2O/c15-14-17-11-5-4-9(7-12(11)18-14)13(19)8-2-1-3-10(16)6-8/h1-7H,(H,17,18). The Labute approximate surface area is 113 Å². The van der Waals surface area contributed by atoms with Crippen molar-refractivity contribution in [2.24, 2.45) is 0 Å². The minimum absolute atomic E-state index is 0.243. The topological polar surface area (TPSA) is 45.8 Å². The van der Waals surface area contributed by atoms with Crippen LogP contribution in [0.2, 0.25) is 5.28 Å². The number of nitrogens with zero attached hydrogens (tertiary/aromatic N) is 1. The number of hydrogen-bond donors (Lipinski definition) is 1. The second-order valence-electron chi connectivity index (χ2n) is 4.10. The Morgan fingerprint density at radius 3 is 2.74 bits per heavy atom. The molecular weight excluding hydrogens is 267 g/mol. The molecule has 19 heavy (non-hydrogen) atoms. The second-order valence-corrected chi connectivity index (χ2v) is 4.46. The average molecular weight is 275 g/mol. The zero-order valence-electron chi connectivity index (χ0n) is 9.65. The van der Waals surface area contributed by atoms with Gasteiger partial charge in [0.15, 0.2) is 5.78 Å². The summed E-state index contributed by atoms with van der Waals surface area (Å²) in [5.74, 6) is -0.677. The molecule has 0 aliphatic rings. The first kappa shape index (κ1) is 11.9. The van der Waals surface area contributed by atoms with Crippen LogP contribution >= 0.6 is 11.6 Å². The van der Waals surface area contributed by atoms with Gasteiger partial charge in [0, 0.05) is 11.1 Å². The molecule has 1 aromatic heterocycles. The molecule has 0 unspecified atom stereocenters. The van der Waals surface area contributed by atoms with Crippen LogP contribution in [0.3, 0.4) is 0 Å². The van der Waals surface area contributed by atoms with Gasteiger partial charge in [0.1, 0.15) is 5.82 Å². The molecule has 0 amide bonds. The highest BCUT2D eigenvalue weighted by Crippen LogP contribution is 2.18. The maximum Gasteiger partial charge on any atom is 0.201 e. The fourth-order valence-electron chi connectivity index (χ4n) is 1.92. The molecule has 3 rings (SSSR count). The summed E-state index contributed by atoms with van der Waals surface area (Å²) in [6, 6.07) is 10.6. The van der Waals surface area contributed by atoms with E-state index in [1.807, 2.05) is 0 Å². The SMILES string of the molecule is O=C(c1cccc(F)c1)c1ccc2nc(Cl)[nH]c2c1. The number of carbonyl (C=O) groups is 1. The number of nitrogens with one attached hydrogen (secondary N) is 1. The molecule has 0 saturated heterocycles. The average Bonchev–Trinajstić information content (AvgIpc) is 2.76. The maximum absolute atomic E-state index is 13.1. The Kier molecular flexibility index (Phi) is 2.80. The molecule has 0 bridgehead atoms. The summed E-state index contributed by atoms with van der Waals surface area (Å²) in [7, 11) is 0. The van der Waals surface area contributed by atoms with E-state index in [9.17, 15) is 9.18 Å². The highest BCUT2D eigenvalue weighted by Gasteiger charge is 2.11. The predicted octanol–water partition coefficient (Wildman–Crippen LogP) is 3.59. The van der Waals surface area contributed by atoms with Crippen molar-refractivity contribution in [2.75, 3.05) is 0 Å². The number of H-pyrrole nitrogens is 1. The van der Waals surface area contributed by atoms with E-state index in [1.54, 1.807) is 24.3 Å². The van der Waals surface area contributed by atoms with Crippen LogP contribution in [-0.4, -0.2) is 15.8 Å². The molecule has 1 N–H and O–H groups in total. The Balaban J connectivity index is 2.06. The Morgan fingerprint density at radius 1 is 1.16 bits per heavy atom. The van der Waals surface area contributed by atoms with Gasteiger partial charge in [-0.25, -0.2) is 9.37 Å². The number of benzene rings is 2. The van der Waals surface area contributed by atoms with E-state index >= 15 is 0 Å². The lowest BCUT2D eigenvalue weighted by Crippen LogP contribution is -2.01. The molecule has 0 aliphatic heterocycles. The van der Waals surface area contributed by atoms with Crippen molar-refractivity contribution in [3.63, 3.8) is 0 Å². The Bertz CT molecular complexity index is 782. The molecule has 0 saturated carbocycles. The molecule has 1 heterocycles. The lowest BCUT2D eigenvalue weighted by molar-refractivity contribution is 0.103. The van der Waals surface area contributed by atoms with E-state index in [-0.39, 0.29) is 11.1 Å². The number of fused-ring (bicyclic) bond motifs is 1. The summed E-state index contributed by atoms with van der Waals surface area (Å²) < 4.78 is 13.1. The van der Waals surface area contributed by atoms with E-state index in [0.29, 0.717) is 22.2 Å². The van der Waals surface area contributed by atoms with E-state index in [4.69, 9.17) is 11.6 Å². The van der Waals surface area contributed by atoms with Gasteiger partial charge < -0.3 is 4.98 Å². The number of aromatic nitrogens is 2. The smallest absolute Gasteiger partial charge is 0.201 e. The van der Waals surface area contributed by atoms with Crippen LogP contribution in [0.4, 0.5) is 4.39 Å². The minimum Gasteiger partial charge on any atom is -0.329 e. The molecule has 0 radical (unpaired) electrons. The van der Waals surface area contributed by atoms with Crippen molar-refractivity contribution in [3.8, 4) is 0 Å². The highest BCUT2D eigenvalue weighted by atomic mass is 35.5. The summed E-state index contributed by atoms with van der Waals surface area (Å²) in [6.45, 7) is 0. The van der Waals surface area contributed by atoms with Gasteiger partial charge in [-0.15, -0.1) is 0 Å². The summed E-state index contributed by atoms with van der Waals surface area (Å²) >= 11 is 5.75. The van der Waals surface area contributed by atoms with Gasteiger partial charge in [0.05, 0.1) is 11.0 Å². The number of hydrogen-bond acceptors (Lipinski definition) is 2. The molecule has 5 heteroatoms. The molecule has 0 spiro atoms. The number of ketones is 1. The quantitative estimate of drug-likeness (QED) is 0.726. The summed E-state index contributed by atoms with van der Waals surface area (Å²) in [6.07, 6.45) is 0. The van der Waals surface area contributed by atoms with Crippen LogP contribution in [0.15, 0.2) is 42.5 Å². The van der Waals surface area contributed by atoms with E-state index in [0.717, 1.165) is 0 Å². The minimum atomic E-state index is -0.434. The predicted molar refractivity (Wildman–Crippen MR) is 70.9 cm³/mol. The van der Waals surface area contributed by atoms with Gasteiger partial charge in [-0.05, 0) is 41.9 Å². The summed E-state index contributed by atoms with van der Waals surface area (Å²) in [5.41, 5.74) is 2.12. The van der Waals surface area contributed by atoms with Crippen molar-refractivity contribution in [2.45, 2.75) is 0 Å². The number of aromatic amines is 1. The molecule has 0 atom stereocenters. The number of rotatable bonds is 2. The van der Waals surface area contributed by atoms with Gasteiger partial charge in [0.2, 0.25) is 5.28 Å². The highest BCUT2D eigenvalue weighted by molar-refractivity contribution is 6.29. The van der Waals surface area contributed by atoms with Gasteiger partial charge in [-0.2, -0.15) is 0 Å². The second kappa shape index (κ2) is 4.48. The van der Waals surface area contributed by atoms with E-state index < -0.39 is 5.82 Å². The molecule has 2 aromatic carbocycles.